The molecule has 2 heterocycles. The van der Waals surface area contributed by atoms with E-state index in [1.807, 2.05) is 6.92 Å². The van der Waals surface area contributed by atoms with E-state index >= 15 is 0 Å². The predicted molar refractivity (Wildman–Crippen MR) is 85.1 cm³/mol. The summed E-state index contributed by atoms with van der Waals surface area (Å²) in [5.41, 5.74) is 2.53. The lowest BCUT2D eigenvalue weighted by Gasteiger charge is -2.33. The van der Waals surface area contributed by atoms with Crippen molar-refractivity contribution in [2.45, 2.75) is 32.4 Å². The van der Waals surface area contributed by atoms with Crippen molar-refractivity contribution >= 4 is 5.82 Å². The Morgan fingerprint density at radius 1 is 1.29 bits per heavy atom. The van der Waals surface area contributed by atoms with Crippen LogP contribution in [0.2, 0.25) is 0 Å². The molecule has 1 fully saturated rings. The molecule has 110 valence electrons. The summed E-state index contributed by atoms with van der Waals surface area (Å²) in [4.78, 5) is 2.51. The van der Waals surface area contributed by atoms with E-state index in [1.165, 1.54) is 24.9 Å². The molecular formula is C17H22N4. The average molecular weight is 282 g/mol. The number of benzene rings is 1. The van der Waals surface area contributed by atoms with E-state index in [1.54, 1.807) is 6.20 Å². The van der Waals surface area contributed by atoms with Gasteiger partial charge in [-0.15, -0.1) is 5.10 Å². The average Bonchev–Trinajstić information content (AvgIpc) is 2.49. The molecule has 4 nitrogen and oxygen atoms in total. The van der Waals surface area contributed by atoms with Crippen LogP contribution in [-0.2, 0) is 6.54 Å². The standard InChI is InChI=1S/C17H22N4/c1-14-10-17(20-18-11-14)19-16-8-5-9-21(13-16)12-15-6-3-2-4-7-15/h2-4,6-7,10-11,16H,5,8-9,12-13H2,1H3,(H,19,20). The van der Waals surface area contributed by atoms with Crippen LogP contribution in [-0.4, -0.2) is 34.2 Å². The summed E-state index contributed by atoms with van der Waals surface area (Å²) in [5, 5.41) is 11.7. The minimum Gasteiger partial charge on any atom is -0.365 e. The molecule has 1 saturated heterocycles. The van der Waals surface area contributed by atoms with Gasteiger partial charge in [-0.25, -0.2) is 0 Å². The Hall–Kier alpha value is -1.94. The molecule has 1 aliphatic heterocycles. The van der Waals surface area contributed by atoms with Crippen LogP contribution < -0.4 is 5.32 Å². The van der Waals surface area contributed by atoms with Gasteiger partial charge in [0.25, 0.3) is 0 Å². The topological polar surface area (TPSA) is 41.1 Å². The van der Waals surface area contributed by atoms with Gasteiger partial charge in [0.2, 0.25) is 0 Å². The third-order valence-electron chi connectivity index (χ3n) is 3.90. The molecule has 0 amide bonds. The second-order valence-electron chi connectivity index (χ2n) is 5.82. The molecule has 0 radical (unpaired) electrons. The van der Waals surface area contributed by atoms with Crippen LogP contribution in [0.3, 0.4) is 0 Å². The Bertz CT molecular complexity index is 570. The van der Waals surface area contributed by atoms with E-state index in [-0.39, 0.29) is 0 Å². The molecule has 1 aliphatic rings. The smallest absolute Gasteiger partial charge is 0.149 e. The van der Waals surface area contributed by atoms with Crippen LogP contribution in [0.4, 0.5) is 5.82 Å². The van der Waals surface area contributed by atoms with E-state index in [4.69, 9.17) is 0 Å². The number of aromatic nitrogens is 2. The molecule has 0 aliphatic carbocycles. The molecule has 1 N–H and O–H groups in total. The van der Waals surface area contributed by atoms with Crippen molar-refractivity contribution in [3.63, 3.8) is 0 Å². The van der Waals surface area contributed by atoms with Gasteiger partial charge in [0, 0.05) is 19.1 Å². The zero-order valence-corrected chi connectivity index (χ0v) is 12.5. The molecule has 0 spiro atoms. The molecule has 1 aromatic heterocycles. The van der Waals surface area contributed by atoms with Gasteiger partial charge in [0.1, 0.15) is 5.82 Å². The monoisotopic (exact) mass is 282 g/mol. The molecule has 1 atom stereocenters. The molecule has 3 rings (SSSR count). The highest BCUT2D eigenvalue weighted by molar-refractivity contribution is 5.36. The molecule has 1 unspecified atom stereocenters. The van der Waals surface area contributed by atoms with E-state index < -0.39 is 0 Å². The second-order valence-corrected chi connectivity index (χ2v) is 5.82. The first kappa shape index (κ1) is 14.0. The maximum absolute atomic E-state index is 4.16. The lowest BCUT2D eigenvalue weighted by Crippen LogP contribution is -2.41. The Kier molecular flexibility index (Phi) is 4.46. The summed E-state index contributed by atoms with van der Waals surface area (Å²) in [6.07, 6.45) is 4.21. The molecule has 4 heteroatoms. The third kappa shape index (κ3) is 4.02. The summed E-state index contributed by atoms with van der Waals surface area (Å²) in [7, 11) is 0. The van der Waals surface area contributed by atoms with Crippen LogP contribution in [0.5, 0.6) is 0 Å². The van der Waals surface area contributed by atoms with Crippen LogP contribution in [0.15, 0.2) is 42.6 Å². The van der Waals surface area contributed by atoms with Gasteiger partial charge >= 0.3 is 0 Å². The maximum atomic E-state index is 4.16. The zero-order valence-electron chi connectivity index (χ0n) is 12.5. The first-order valence-electron chi connectivity index (χ1n) is 7.62. The van der Waals surface area contributed by atoms with Crippen molar-refractivity contribution in [2.75, 3.05) is 18.4 Å². The predicted octanol–water partition coefficient (Wildman–Crippen LogP) is 2.86. The lowest BCUT2D eigenvalue weighted by atomic mass is 10.0. The van der Waals surface area contributed by atoms with Crippen molar-refractivity contribution in [2.24, 2.45) is 0 Å². The molecule has 1 aromatic carbocycles. The van der Waals surface area contributed by atoms with Gasteiger partial charge in [0.15, 0.2) is 0 Å². The molecular weight excluding hydrogens is 260 g/mol. The number of nitrogens with one attached hydrogen (secondary N) is 1. The van der Waals surface area contributed by atoms with Crippen LogP contribution >= 0.6 is 0 Å². The summed E-state index contributed by atoms with van der Waals surface area (Å²) in [5.74, 6) is 0.890. The summed E-state index contributed by atoms with van der Waals surface area (Å²) in [6.45, 7) is 5.30. The number of anilines is 1. The summed E-state index contributed by atoms with van der Waals surface area (Å²) in [6, 6.07) is 13.2. The summed E-state index contributed by atoms with van der Waals surface area (Å²) < 4.78 is 0. The molecule has 0 saturated carbocycles. The fourth-order valence-electron chi connectivity index (χ4n) is 2.90. The molecule has 2 aromatic rings. The van der Waals surface area contributed by atoms with Crippen LogP contribution in [0, 0.1) is 6.92 Å². The van der Waals surface area contributed by atoms with E-state index in [0.29, 0.717) is 6.04 Å². The van der Waals surface area contributed by atoms with E-state index in [0.717, 1.165) is 24.5 Å². The maximum Gasteiger partial charge on any atom is 0.149 e. The van der Waals surface area contributed by atoms with Gasteiger partial charge in [-0.3, -0.25) is 4.90 Å². The Morgan fingerprint density at radius 3 is 2.95 bits per heavy atom. The fourth-order valence-corrected chi connectivity index (χ4v) is 2.90. The van der Waals surface area contributed by atoms with Gasteiger partial charge in [-0.05, 0) is 43.5 Å². The minimum atomic E-state index is 0.457. The van der Waals surface area contributed by atoms with Crippen molar-refractivity contribution in [1.29, 1.82) is 0 Å². The Balaban J connectivity index is 1.58. The van der Waals surface area contributed by atoms with Crippen LogP contribution in [0.1, 0.15) is 24.0 Å². The van der Waals surface area contributed by atoms with E-state index in [9.17, 15) is 0 Å². The summed E-state index contributed by atoms with van der Waals surface area (Å²) >= 11 is 0. The number of hydrogen-bond donors (Lipinski definition) is 1. The lowest BCUT2D eigenvalue weighted by molar-refractivity contribution is 0.208. The first-order valence-corrected chi connectivity index (χ1v) is 7.62. The number of aryl methyl sites for hydroxylation is 1. The van der Waals surface area contributed by atoms with Gasteiger partial charge in [-0.1, -0.05) is 30.3 Å². The number of hydrogen-bond acceptors (Lipinski definition) is 4. The zero-order chi connectivity index (χ0) is 14.5. The van der Waals surface area contributed by atoms with Gasteiger partial charge in [-0.2, -0.15) is 5.10 Å². The van der Waals surface area contributed by atoms with Crippen molar-refractivity contribution < 1.29 is 0 Å². The normalized spacial score (nSPS) is 19.4. The highest BCUT2D eigenvalue weighted by Crippen LogP contribution is 2.17. The second kappa shape index (κ2) is 6.68. The molecule has 0 bridgehead atoms. The minimum absolute atomic E-state index is 0.457. The number of likely N-dealkylation sites (tertiary alicyclic amines) is 1. The highest BCUT2D eigenvalue weighted by Gasteiger charge is 2.20. The number of piperidine rings is 1. The highest BCUT2D eigenvalue weighted by atomic mass is 15.2. The first-order chi connectivity index (χ1) is 10.3. The third-order valence-corrected chi connectivity index (χ3v) is 3.90. The van der Waals surface area contributed by atoms with Crippen molar-refractivity contribution in [1.82, 2.24) is 15.1 Å². The number of nitrogens with zero attached hydrogens (tertiary/aromatic N) is 3. The van der Waals surface area contributed by atoms with Crippen molar-refractivity contribution in [3.05, 3.63) is 53.7 Å². The van der Waals surface area contributed by atoms with Crippen LogP contribution in [0.25, 0.3) is 0 Å². The number of rotatable bonds is 4. The Morgan fingerprint density at radius 2 is 2.14 bits per heavy atom. The van der Waals surface area contributed by atoms with E-state index in [2.05, 4.69) is 56.8 Å². The SMILES string of the molecule is Cc1cnnc(NC2CCCN(Cc3ccccc3)C2)c1. The quantitative estimate of drug-likeness (QED) is 0.936. The fraction of sp³-hybridized carbons (Fsp3) is 0.412. The molecule has 21 heavy (non-hydrogen) atoms. The van der Waals surface area contributed by atoms with Gasteiger partial charge < -0.3 is 5.32 Å². The Labute approximate surface area is 126 Å². The van der Waals surface area contributed by atoms with Gasteiger partial charge in [0.05, 0.1) is 6.20 Å². The van der Waals surface area contributed by atoms with Crippen molar-refractivity contribution in [3.8, 4) is 0 Å². The largest absolute Gasteiger partial charge is 0.365 e.